The summed E-state index contributed by atoms with van der Waals surface area (Å²) in [5.74, 6) is 3.31. The normalized spacial score (nSPS) is 24.1. The SMILES string of the molecule is C#CCN1CCCCC1C(=O)NCC1CCN(c2ccc(Cl)cc2)C1. The van der Waals surface area contributed by atoms with Crippen LogP contribution in [0.2, 0.25) is 5.02 Å². The quantitative estimate of drug-likeness (QED) is 0.821. The Hall–Kier alpha value is -1.70. The predicted octanol–water partition coefficient (Wildman–Crippen LogP) is 2.77. The van der Waals surface area contributed by atoms with Gasteiger partial charge in [-0.1, -0.05) is 23.9 Å². The average molecular weight is 360 g/mol. The van der Waals surface area contributed by atoms with Crippen molar-refractivity contribution in [2.75, 3.05) is 37.6 Å². The maximum absolute atomic E-state index is 12.6. The van der Waals surface area contributed by atoms with E-state index in [1.807, 2.05) is 12.1 Å². The largest absolute Gasteiger partial charge is 0.371 e. The van der Waals surface area contributed by atoms with Gasteiger partial charge in [0.2, 0.25) is 5.91 Å². The fourth-order valence-corrected chi connectivity index (χ4v) is 3.97. The molecule has 2 heterocycles. The molecule has 0 bridgehead atoms. The van der Waals surface area contributed by atoms with Gasteiger partial charge < -0.3 is 10.2 Å². The minimum absolute atomic E-state index is 0.0569. The molecule has 1 aromatic carbocycles. The monoisotopic (exact) mass is 359 g/mol. The van der Waals surface area contributed by atoms with Crippen LogP contribution in [0.1, 0.15) is 25.7 Å². The van der Waals surface area contributed by atoms with Crippen molar-refractivity contribution in [2.45, 2.75) is 31.7 Å². The number of terminal acetylenes is 1. The Labute approximate surface area is 155 Å². The van der Waals surface area contributed by atoms with Crippen LogP contribution >= 0.6 is 11.6 Å². The summed E-state index contributed by atoms with van der Waals surface area (Å²) in [4.78, 5) is 17.1. The van der Waals surface area contributed by atoms with Crippen molar-refractivity contribution in [3.63, 3.8) is 0 Å². The van der Waals surface area contributed by atoms with Gasteiger partial charge in [-0.05, 0) is 56.0 Å². The van der Waals surface area contributed by atoms with E-state index < -0.39 is 0 Å². The van der Waals surface area contributed by atoms with Crippen molar-refractivity contribution in [3.05, 3.63) is 29.3 Å². The van der Waals surface area contributed by atoms with E-state index in [1.54, 1.807) is 0 Å². The minimum atomic E-state index is -0.0569. The molecular formula is C20H26ClN3O. The molecule has 0 saturated carbocycles. The van der Waals surface area contributed by atoms with Gasteiger partial charge in [-0.2, -0.15) is 0 Å². The van der Waals surface area contributed by atoms with Crippen LogP contribution in [-0.2, 0) is 4.79 Å². The van der Waals surface area contributed by atoms with Crippen molar-refractivity contribution < 1.29 is 4.79 Å². The Kier molecular flexibility index (Phi) is 6.23. The summed E-state index contributed by atoms with van der Waals surface area (Å²) in [5.41, 5.74) is 1.20. The molecule has 25 heavy (non-hydrogen) atoms. The number of carbonyl (C=O) groups excluding carboxylic acids is 1. The molecule has 3 rings (SSSR count). The first kappa shape index (κ1) is 18.1. The van der Waals surface area contributed by atoms with Gasteiger partial charge in [0.25, 0.3) is 0 Å². The highest BCUT2D eigenvalue weighted by atomic mass is 35.5. The summed E-state index contributed by atoms with van der Waals surface area (Å²) in [6, 6.07) is 7.91. The molecule has 1 aromatic rings. The van der Waals surface area contributed by atoms with Gasteiger partial charge in [-0.15, -0.1) is 6.42 Å². The number of benzene rings is 1. The summed E-state index contributed by atoms with van der Waals surface area (Å²) >= 11 is 5.96. The van der Waals surface area contributed by atoms with Crippen molar-refractivity contribution in [3.8, 4) is 12.3 Å². The Morgan fingerprint density at radius 1 is 1.24 bits per heavy atom. The second-order valence-electron chi connectivity index (χ2n) is 7.01. The first-order valence-electron chi connectivity index (χ1n) is 9.13. The number of hydrogen-bond donors (Lipinski definition) is 1. The first-order chi connectivity index (χ1) is 12.2. The highest BCUT2D eigenvalue weighted by Crippen LogP contribution is 2.25. The van der Waals surface area contributed by atoms with Gasteiger partial charge in [0.1, 0.15) is 0 Å². The lowest BCUT2D eigenvalue weighted by molar-refractivity contribution is -0.127. The topological polar surface area (TPSA) is 35.6 Å². The fraction of sp³-hybridized carbons (Fsp3) is 0.550. The molecule has 2 unspecified atom stereocenters. The number of nitrogens with one attached hydrogen (secondary N) is 1. The molecule has 4 nitrogen and oxygen atoms in total. The van der Waals surface area contributed by atoms with Crippen LogP contribution in [0.5, 0.6) is 0 Å². The van der Waals surface area contributed by atoms with Crippen LogP contribution in [0, 0.1) is 18.3 Å². The van der Waals surface area contributed by atoms with Crippen LogP contribution < -0.4 is 10.2 Å². The molecule has 0 radical (unpaired) electrons. The third-order valence-electron chi connectivity index (χ3n) is 5.25. The molecule has 5 heteroatoms. The van der Waals surface area contributed by atoms with Crippen LogP contribution in [0.25, 0.3) is 0 Å². The molecule has 2 fully saturated rings. The standard InChI is InChI=1S/C20H26ClN3O/c1-2-11-23-12-4-3-5-19(23)20(25)22-14-16-10-13-24(15-16)18-8-6-17(21)7-9-18/h1,6-9,16,19H,3-5,10-15H2,(H,22,25). The molecule has 1 amide bonds. The van der Waals surface area contributed by atoms with E-state index in [0.29, 0.717) is 12.5 Å². The van der Waals surface area contributed by atoms with E-state index in [2.05, 4.69) is 33.2 Å². The van der Waals surface area contributed by atoms with E-state index >= 15 is 0 Å². The second kappa shape index (κ2) is 8.60. The second-order valence-corrected chi connectivity index (χ2v) is 7.44. The molecule has 0 aromatic heterocycles. The zero-order chi connectivity index (χ0) is 17.6. The Bertz CT molecular complexity index is 625. The van der Waals surface area contributed by atoms with Crippen molar-refractivity contribution >= 4 is 23.2 Å². The maximum Gasteiger partial charge on any atom is 0.237 e. The van der Waals surface area contributed by atoms with Gasteiger partial charge in [0, 0.05) is 30.3 Å². The number of halogens is 1. The van der Waals surface area contributed by atoms with Crippen LogP contribution in [0.3, 0.4) is 0 Å². The lowest BCUT2D eigenvalue weighted by Crippen LogP contribution is -2.50. The minimum Gasteiger partial charge on any atom is -0.371 e. The lowest BCUT2D eigenvalue weighted by Gasteiger charge is -2.33. The van der Waals surface area contributed by atoms with Crippen LogP contribution in [0.15, 0.2) is 24.3 Å². The number of rotatable bonds is 5. The zero-order valence-corrected chi connectivity index (χ0v) is 15.3. The Morgan fingerprint density at radius 3 is 2.80 bits per heavy atom. The molecule has 2 atom stereocenters. The number of hydrogen-bond acceptors (Lipinski definition) is 3. The summed E-state index contributed by atoms with van der Waals surface area (Å²) in [6.07, 6.45) is 9.68. The molecule has 0 spiro atoms. The number of carbonyl (C=O) groups is 1. The van der Waals surface area contributed by atoms with E-state index in [0.717, 1.165) is 56.9 Å². The number of amides is 1. The lowest BCUT2D eigenvalue weighted by atomic mass is 10.0. The number of likely N-dealkylation sites (tertiary alicyclic amines) is 1. The fourth-order valence-electron chi connectivity index (χ4n) is 3.84. The highest BCUT2D eigenvalue weighted by molar-refractivity contribution is 6.30. The molecule has 0 aliphatic carbocycles. The van der Waals surface area contributed by atoms with Gasteiger partial charge in [-0.25, -0.2) is 0 Å². The predicted molar refractivity (Wildman–Crippen MR) is 103 cm³/mol. The molecule has 2 aliphatic heterocycles. The average Bonchev–Trinajstić information content (AvgIpc) is 3.10. The van der Waals surface area contributed by atoms with E-state index in [4.69, 9.17) is 18.0 Å². The number of anilines is 1. The third kappa shape index (κ3) is 4.68. The van der Waals surface area contributed by atoms with Crippen molar-refractivity contribution in [1.82, 2.24) is 10.2 Å². The third-order valence-corrected chi connectivity index (χ3v) is 5.51. The maximum atomic E-state index is 12.6. The van der Waals surface area contributed by atoms with E-state index in [9.17, 15) is 4.79 Å². The molecule has 1 N–H and O–H groups in total. The van der Waals surface area contributed by atoms with E-state index in [-0.39, 0.29) is 11.9 Å². The molecular weight excluding hydrogens is 334 g/mol. The number of nitrogens with zero attached hydrogens (tertiary/aromatic N) is 2. The zero-order valence-electron chi connectivity index (χ0n) is 14.6. The van der Waals surface area contributed by atoms with Crippen LogP contribution in [-0.4, -0.2) is 49.6 Å². The highest BCUT2D eigenvalue weighted by Gasteiger charge is 2.29. The van der Waals surface area contributed by atoms with Gasteiger partial charge >= 0.3 is 0 Å². The smallest absolute Gasteiger partial charge is 0.237 e. The first-order valence-corrected chi connectivity index (χ1v) is 9.51. The number of piperidine rings is 1. The van der Waals surface area contributed by atoms with Crippen molar-refractivity contribution in [2.24, 2.45) is 5.92 Å². The summed E-state index contributed by atoms with van der Waals surface area (Å²) in [7, 11) is 0. The molecule has 2 saturated heterocycles. The van der Waals surface area contributed by atoms with E-state index in [1.165, 1.54) is 5.69 Å². The van der Waals surface area contributed by atoms with Gasteiger partial charge in [-0.3, -0.25) is 9.69 Å². The van der Waals surface area contributed by atoms with Crippen LogP contribution in [0.4, 0.5) is 5.69 Å². The van der Waals surface area contributed by atoms with Gasteiger partial charge in [0.15, 0.2) is 0 Å². The summed E-state index contributed by atoms with van der Waals surface area (Å²) < 4.78 is 0. The Morgan fingerprint density at radius 2 is 2.04 bits per heavy atom. The summed E-state index contributed by atoms with van der Waals surface area (Å²) in [6.45, 7) is 4.22. The molecule has 134 valence electrons. The Balaban J connectivity index is 1.48. The molecule has 2 aliphatic rings. The summed E-state index contributed by atoms with van der Waals surface area (Å²) in [5, 5.41) is 3.93. The van der Waals surface area contributed by atoms with Crippen molar-refractivity contribution in [1.29, 1.82) is 0 Å². The van der Waals surface area contributed by atoms with Gasteiger partial charge in [0.05, 0.1) is 12.6 Å².